The topological polar surface area (TPSA) is 88.7 Å². The fourth-order valence-electron chi connectivity index (χ4n) is 5.29. The predicted octanol–water partition coefficient (Wildman–Crippen LogP) is 6.70. The summed E-state index contributed by atoms with van der Waals surface area (Å²) in [7, 11) is 0. The zero-order chi connectivity index (χ0) is 25.2. The molecule has 1 aliphatic carbocycles. The number of benzene rings is 2. The number of rotatable bonds is 8. The molecule has 0 radical (unpaired) electrons. The van der Waals surface area contributed by atoms with Gasteiger partial charge in [-0.25, -0.2) is 0 Å². The maximum absolute atomic E-state index is 11.3. The van der Waals surface area contributed by atoms with Crippen LogP contribution in [0.5, 0.6) is 11.5 Å². The van der Waals surface area contributed by atoms with E-state index in [1.807, 2.05) is 36.4 Å². The Morgan fingerprint density at radius 1 is 1.08 bits per heavy atom. The van der Waals surface area contributed by atoms with Crippen LogP contribution in [0.4, 0.5) is 5.69 Å². The number of para-hydroxylation sites is 1. The molecule has 188 valence electrons. The lowest BCUT2D eigenvalue weighted by molar-refractivity contribution is -0.137. The number of thioether (sulfide) groups is 1. The standard InChI is InChI=1S/C29H28N4O3S/c34-27(35)16-22-18-37-29(31-22)26-14-20-8-3-12-25(19-6-1-2-7-19)28(20)33(26)32-21-9-4-10-23(15-21)36-24-11-5-13-30-17-24/h3-5,8-15,17,19,22,32H,1-2,6-7,16,18H2,(H,34,35)/t22-/m1/s1. The second kappa shape index (κ2) is 10.3. The largest absolute Gasteiger partial charge is 0.481 e. The summed E-state index contributed by atoms with van der Waals surface area (Å²) in [5, 5.41) is 11.3. The highest BCUT2D eigenvalue weighted by atomic mass is 32.2. The molecular weight excluding hydrogens is 484 g/mol. The minimum absolute atomic E-state index is 0.0468. The van der Waals surface area contributed by atoms with Crippen LogP contribution >= 0.6 is 11.8 Å². The first-order valence-electron chi connectivity index (χ1n) is 12.7. The summed E-state index contributed by atoms with van der Waals surface area (Å²) in [6.45, 7) is 0. The van der Waals surface area contributed by atoms with E-state index in [9.17, 15) is 9.90 Å². The van der Waals surface area contributed by atoms with Crippen LogP contribution in [-0.2, 0) is 4.79 Å². The highest BCUT2D eigenvalue weighted by Crippen LogP contribution is 2.39. The zero-order valence-corrected chi connectivity index (χ0v) is 21.2. The molecular formula is C29H28N4O3S. The molecule has 0 unspecified atom stereocenters. The summed E-state index contributed by atoms with van der Waals surface area (Å²) in [5.41, 5.74) is 7.98. The number of hydrogen-bond acceptors (Lipinski definition) is 6. The molecule has 0 amide bonds. The second-order valence-corrected chi connectivity index (χ2v) is 10.6. The van der Waals surface area contributed by atoms with Gasteiger partial charge in [0.25, 0.3) is 0 Å². The average molecular weight is 513 g/mol. The quantitative estimate of drug-likeness (QED) is 0.273. The van der Waals surface area contributed by atoms with Crippen LogP contribution in [0.15, 0.2) is 78.0 Å². The Hall–Kier alpha value is -3.78. The predicted molar refractivity (Wildman–Crippen MR) is 148 cm³/mol. The molecule has 7 nitrogen and oxygen atoms in total. The van der Waals surface area contributed by atoms with E-state index in [-0.39, 0.29) is 12.5 Å². The van der Waals surface area contributed by atoms with Crippen LogP contribution < -0.4 is 10.2 Å². The van der Waals surface area contributed by atoms with Gasteiger partial charge in [0, 0.05) is 23.4 Å². The lowest BCUT2D eigenvalue weighted by Gasteiger charge is -2.18. The summed E-state index contributed by atoms with van der Waals surface area (Å²) in [6, 6.07) is 20.1. The Labute approximate surface area is 219 Å². The van der Waals surface area contributed by atoms with Gasteiger partial charge in [0.05, 0.1) is 35.6 Å². The molecule has 2 aromatic carbocycles. The van der Waals surface area contributed by atoms with Crippen molar-refractivity contribution in [3.8, 4) is 11.5 Å². The van der Waals surface area contributed by atoms with Crippen LogP contribution in [-0.4, -0.2) is 37.6 Å². The van der Waals surface area contributed by atoms with E-state index < -0.39 is 5.97 Å². The number of aliphatic imine (C=N–C) groups is 1. The summed E-state index contributed by atoms with van der Waals surface area (Å²) in [6.07, 6.45) is 8.37. The van der Waals surface area contributed by atoms with Crippen molar-refractivity contribution in [2.24, 2.45) is 4.99 Å². The smallest absolute Gasteiger partial charge is 0.305 e. The van der Waals surface area contributed by atoms with Crippen molar-refractivity contribution in [1.29, 1.82) is 0 Å². The second-order valence-electron chi connectivity index (χ2n) is 9.56. The third-order valence-corrected chi connectivity index (χ3v) is 8.08. The van der Waals surface area contributed by atoms with Crippen LogP contribution in [0.3, 0.4) is 0 Å². The van der Waals surface area contributed by atoms with Crippen molar-refractivity contribution in [2.45, 2.75) is 44.1 Å². The van der Waals surface area contributed by atoms with Gasteiger partial charge in [-0.1, -0.05) is 37.1 Å². The van der Waals surface area contributed by atoms with E-state index in [1.54, 1.807) is 24.2 Å². The van der Waals surface area contributed by atoms with Crippen LogP contribution in [0.2, 0.25) is 0 Å². The van der Waals surface area contributed by atoms with Crippen molar-refractivity contribution >= 4 is 39.4 Å². The normalized spacial score (nSPS) is 17.7. The van der Waals surface area contributed by atoms with Crippen molar-refractivity contribution in [2.75, 3.05) is 11.2 Å². The van der Waals surface area contributed by atoms with Gasteiger partial charge in [0.2, 0.25) is 0 Å². The van der Waals surface area contributed by atoms with Gasteiger partial charge in [-0.15, -0.1) is 11.8 Å². The molecule has 1 atom stereocenters. The Kier molecular flexibility index (Phi) is 6.57. The molecule has 0 saturated heterocycles. The maximum atomic E-state index is 11.3. The first-order valence-corrected chi connectivity index (χ1v) is 13.6. The first-order chi connectivity index (χ1) is 18.1. The van der Waals surface area contributed by atoms with E-state index in [2.05, 4.69) is 39.4 Å². The number of carboxylic acid groups (broad SMARTS) is 1. The van der Waals surface area contributed by atoms with Gasteiger partial charge >= 0.3 is 5.97 Å². The highest BCUT2D eigenvalue weighted by molar-refractivity contribution is 8.14. The fourth-order valence-corrected chi connectivity index (χ4v) is 6.35. The molecule has 1 saturated carbocycles. The number of fused-ring (bicyclic) bond motifs is 1. The Balaban J connectivity index is 1.41. The summed E-state index contributed by atoms with van der Waals surface area (Å²) in [5.74, 6) is 1.78. The van der Waals surface area contributed by atoms with E-state index in [1.165, 1.54) is 31.2 Å². The average Bonchev–Trinajstić information content (AvgIpc) is 3.65. The van der Waals surface area contributed by atoms with Crippen molar-refractivity contribution < 1.29 is 14.6 Å². The van der Waals surface area contributed by atoms with Gasteiger partial charge in [0.1, 0.15) is 16.5 Å². The lowest BCUT2D eigenvalue weighted by atomic mass is 9.96. The first kappa shape index (κ1) is 23.6. The third-order valence-electron chi connectivity index (χ3n) is 6.94. The monoisotopic (exact) mass is 512 g/mol. The number of aromatic nitrogens is 2. The number of anilines is 1. The molecule has 0 bridgehead atoms. The third kappa shape index (κ3) is 5.06. The molecule has 1 fully saturated rings. The minimum Gasteiger partial charge on any atom is -0.481 e. The molecule has 6 rings (SSSR count). The summed E-state index contributed by atoms with van der Waals surface area (Å²) >= 11 is 1.62. The SMILES string of the molecule is O=C(O)C[C@@H]1CSC(c2cc3cccc(C4CCCC4)c3n2Nc2cccc(Oc3cccnc3)c2)=N1. The molecule has 0 spiro atoms. The number of aliphatic carboxylic acids is 1. The Morgan fingerprint density at radius 2 is 1.92 bits per heavy atom. The summed E-state index contributed by atoms with van der Waals surface area (Å²) in [4.78, 5) is 20.2. The maximum Gasteiger partial charge on any atom is 0.305 e. The number of carboxylic acids is 1. The Morgan fingerprint density at radius 3 is 2.73 bits per heavy atom. The number of nitrogens with one attached hydrogen (secondary N) is 1. The molecule has 1 aliphatic heterocycles. The molecule has 4 aromatic rings. The zero-order valence-electron chi connectivity index (χ0n) is 20.3. The number of hydrogen-bond donors (Lipinski definition) is 2. The fraction of sp³-hybridized carbons (Fsp3) is 0.276. The van der Waals surface area contributed by atoms with E-state index in [0.717, 1.165) is 27.3 Å². The highest BCUT2D eigenvalue weighted by Gasteiger charge is 2.27. The molecule has 3 heterocycles. The van der Waals surface area contributed by atoms with Gasteiger partial charge in [-0.05, 0) is 54.7 Å². The van der Waals surface area contributed by atoms with Gasteiger partial charge in [0.15, 0.2) is 0 Å². The van der Waals surface area contributed by atoms with Crippen molar-refractivity contribution in [3.63, 3.8) is 0 Å². The number of nitrogens with zero attached hydrogens (tertiary/aromatic N) is 3. The van der Waals surface area contributed by atoms with Crippen LogP contribution in [0, 0.1) is 0 Å². The van der Waals surface area contributed by atoms with Gasteiger partial charge in [-0.2, -0.15) is 0 Å². The van der Waals surface area contributed by atoms with E-state index in [0.29, 0.717) is 23.2 Å². The number of ether oxygens (including phenoxy) is 1. The van der Waals surface area contributed by atoms with Gasteiger partial charge < -0.3 is 9.84 Å². The van der Waals surface area contributed by atoms with Crippen molar-refractivity contribution in [3.05, 3.63) is 84.3 Å². The van der Waals surface area contributed by atoms with E-state index in [4.69, 9.17) is 9.73 Å². The van der Waals surface area contributed by atoms with Crippen LogP contribution in [0.1, 0.15) is 49.3 Å². The number of pyridine rings is 1. The minimum atomic E-state index is -0.816. The molecule has 2 aliphatic rings. The van der Waals surface area contributed by atoms with Crippen LogP contribution in [0.25, 0.3) is 10.9 Å². The lowest BCUT2D eigenvalue weighted by Crippen LogP contribution is -2.16. The van der Waals surface area contributed by atoms with Crippen molar-refractivity contribution in [1.82, 2.24) is 9.66 Å². The summed E-state index contributed by atoms with van der Waals surface area (Å²) < 4.78 is 8.16. The number of carbonyl (C=O) groups is 1. The molecule has 8 heteroatoms. The van der Waals surface area contributed by atoms with Gasteiger partial charge in [-0.3, -0.25) is 24.9 Å². The molecule has 37 heavy (non-hydrogen) atoms. The molecule has 2 aromatic heterocycles. The molecule has 2 N–H and O–H groups in total. The Bertz CT molecular complexity index is 1460. The van der Waals surface area contributed by atoms with E-state index >= 15 is 0 Å².